The number of thiophene rings is 1. The van der Waals surface area contributed by atoms with Crippen LogP contribution >= 0.6 is 11.3 Å². The van der Waals surface area contributed by atoms with E-state index in [2.05, 4.69) is 10.6 Å². The van der Waals surface area contributed by atoms with Crippen molar-refractivity contribution in [2.24, 2.45) is 7.05 Å². The molecular weight excluding hydrogens is 338 g/mol. The van der Waals surface area contributed by atoms with Gasteiger partial charge in [0.25, 0.3) is 17.4 Å². The van der Waals surface area contributed by atoms with Crippen LogP contribution in [-0.2, 0) is 19.9 Å². The minimum Gasteiger partial charge on any atom is -0.349 e. The Bertz CT molecular complexity index is 924. The molecule has 0 unspecified atom stereocenters. The summed E-state index contributed by atoms with van der Waals surface area (Å²) in [5.41, 5.74) is 1.74. The van der Waals surface area contributed by atoms with Crippen molar-refractivity contribution in [1.82, 2.24) is 9.88 Å². The molecule has 130 valence electrons. The number of rotatable bonds is 4. The third-order valence-electron chi connectivity index (χ3n) is 4.65. The number of amides is 2. The van der Waals surface area contributed by atoms with Crippen LogP contribution in [0.2, 0.25) is 0 Å². The van der Waals surface area contributed by atoms with Gasteiger partial charge in [-0.05, 0) is 43.7 Å². The average molecular weight is 357 g/mol. The third-order valence-corrected chi connectivity index (χ3v) is 5.86. The van der Waals surface area contributed by atoms with Crippen molar-refractivity contribution < 1.29 is 9.59 Å². The molecule has 0 aromatic carbocycles. The van der Waals surface area contributed by atoms with Gasteiger partial charge in [-0.15, -0.1) is 11.3 Å². The second-order valence-electron chi connectivity index (χ2n) is 6.63. The van der Waals surface area contributed by atoms with Gasteiger partial charge >= 0.3 is 0 Å². The van der Waals surface area contributed by atoms with E-state index in [9.17, 15) is 14.4 Å². The zero-order chi connectivity index (χ0) is 17.6. The summed E-state index contributed by atoms with van der Waals surface area (Å²) in [7, 11) is 1.63. The van der Waals surface area contributed by atoms with Gasteiger partial charge in [-0.3, -0.25) is 14.4 Å². The fourth-order valence-corrected chi connectivity index (χ4v) is 4.36. The number of aryl methyl sites for hydroxylation is 2. The summed E-state index contributed by atoms with van der Waals surface area (Å²) in [6.45, 7) is 0. The SMILES string of the molecule is Cn1ccc(C(=O)Nc2sc3c(c2C(=O)NC2CC2)CCC3)cc1=O. The maximum Gasteiger partial charge on any atom is 0.256 e. The first-order valence-corrected chi connectivity index (χ1v) is 9.28. The first kappa shape index (κ1) is 16.1. The molecule has 0 saturated heterocycles. The largest absolute Gasteiger partial charge is 0.349 e. The van der Waals surface area contributed by atoms with Gasteiger partial charge in [0, 0.05) is 35.8 Å². The van der Waals surface area contributed by atoms with Crippen LogP contribution in [0.1, 0.15) is 50.4 Å². The molecular formula is C18H19N3O3S. The summed E-state index contributed by atoms with van der Waals surface area (Å²) in [6, 6.07) is 3.17. The topological polar surface area (TPSA) is 80.2 Å². The number of fused-ring (bicyclic) bond motifs is 1. The smallest absolute Gasteiger partial charge is 0.256 e. The predicted octanol–water partition coefficient (Wildman–Crippen LogP) is 2.08. The lowest BCUT2D eigenvalue weighted by Crippen LogP contribution is -2.27. The average Bonchev–Trinajstić information content (AvgIpc) is 3.15. The zero-order valence-electron chi connectivity index (χ0n) is 13.9. The highest BCUT2D eigenvalue weighted by Gasteiger charge is 2.31. The van der Waals surface area contributed by atoms with E-state index in [-0.39, 0.29) is 23.4 Å². The first-order chi connectivity index (χ1) is 12.0. The molecule has 2 aliphatic carbocycles. The van der Waals surface area contributed by atoms with Gasteiger partial charge in [0.1, 0.15) is 5.00 Å². The standard InChI is InChI=1S/C18H19N3O3S/c1-21-8-7-10(9-14(21)22)16(23)20-18-15(17(24)19-11-5-6-11)12-3-2-4-13(12)25-18/h7-9,11H,2-6H2,1H3,(H,19,24)(H,20,23). The molecule has 4 rings (SSSR count). The monoisotopic (exact) mass is 357 g/mol. The van der Waals surface area contributed by atoms with E-state index in [1.807, 2.05) is 0 Å². The van der Waals surface area contributed by atoms with Crippen LogP contribution in [0.15, 0.2) is 23.1 Å². The number of nitrogens with zero attached hydrogens (tertiary/aromatic N) is 1. The van der Waals surface area contributed by atoms with Crippen LogP contribution in [0.3, 0.4) is 0 Å². The molecule has 25 heavy (non-hydrogen) atoms. The lowest BCUT2D eigenvalue weighted by molar-refractivity contribution is 0.0951. The van der Waals surface area contributed by atoms with Gasteiger partial charge in [-0.25, -0.2) is 0 Å². The summed E-state index contributed by atoms with van der Waals surface area (Å²) in [4.78, 5) is 38.1. The van der Waals surface area contributed by atoms with Crippen LogP contribution in [0.5, 0.6) is 0 Å². The number of pyridine rings is 1. The van der Waals surface area contributed by atoms with Gasteiger partial charge in [-0.1, -0.05) is 0 Å². The summed E-state index contributed by atoms with van der Waals surface area (Å²) >= 11 is 1.48. The first-order valence-electron chi connectivity index (χ1n) is 8.46. The van der Waals surface area contributed by atoms with Crippen molar-refractivity contribution in [3.8, 4) is 0 Å². The molecule has 0 radical (unpaired) electrons. The summed E-state index contributed by atoms with van der Waals surface area (Å²) in [5, 5.41) is 6.46. The fourth-order valence-electron chi connectivity index (χ4n) is 3.08. The van der Waals surface area contributed by atoms with Gasteiger partial charge < -0.3 is 15.2 Å². The van der Waals surface area contributed by atoms with Crippen LogP contribution in [0, 0.1) is 0 Å². The van der Waals surface area contributed by atoms with E-state index < -0.39 is 0 Å². The van der Waals surface area contributed by atoms with Crippen LogP contribution < -0.4 is 16.2 Å². The fraction of sp³-hybridized carbons (Fsp3) is 0.389. The maximum absolute atomic E-state index is 12.6. The van der Waals surface area contributed by atoms with Crippen molar-refractivity contribution in [3.63, 3.8) is 0 Å². The van der Waals surface area contributed by atoms with Gasteiger partial charge in [0.15, 0.2) is 0 Å². The number of carbonyl (C=O) groups excluding carboxylic acids is 2. The highest BCUT2D eigenvalue weighted by atomic mass is 32.1. The van der Waals surface area contributed by atoms with E-state index in [1.54, 1.807) is 19.3 Å². The van der Waals surface area contributed by atoms with Crippen molar-refractivity contribution in [2.45, 2.75) is 38.1 Å². The van der Waals surface area contributed by atoms with Crippen LogP contribution in [0.4, 0.5) is 5.00 Å². The zero-order valence-corrected chi connectivity index (χ0v) is 14.7. The van der Waals surface area contributed by atoms with E-state index in [1.165, 1.54) is 26.8 Å². The number of hydrogen-bond acceptors (Lipinski definition) is 4. The van der Waals surface area contributed by atoms with Crippen LogP contribution in [-0.4, -0.2) is 22.4 Å². The lowest BCUT2D eigenvalue weighted by Gasteiger charge is -2.09. The third kappa shape index (κ3) is 3.11. The summed E-state index contributed by atoms with van der Waals surface area (Å²) in [5.74, 6) is -0.459. The molecule has 2 N–H and O–H groups in total. The van der Waals surface area contributed by atoms with Crippen molar-refractivity contribution in [2.75, 3.05) is 5.32 Å². The molecule has 6 nitrogen and oxygen atoms in total. The van der Waals surface area contributed by atoms with E-state index >= 15 is 0 Å². The Balaban J connectivity index is 1.63. The Morgan fingerprint density at radius 3 is 2.76 bits per heavy atom. The van der Waals surface area contributed by atoms with Crippen LogP contribution in [0.25, 0.3) is 0 Å². The summed E-state index contributed by atoms with van der Waals surface area (Å²) < 4.78 is 1.41. The van der Waals surface area contributed by atoms with Crippen molar-refractivity contribution >= 4 is 28.2 Å². The number of hydrogen-bond donors (Lipinski definition) is 2. The van der Waals surface area contributed by atoms with E-state index in [0.29, 0.717) is 16.1 Å². The molecule has 2 aromatic rings. The highest BCUT2D eigenvalue weighted by molar-refractivity contribution is 7.17. The second-order valence-corrected chi connectivity index (χ2v) is 7.73. The Morgan fingerprint density at radius 1 is 1.24 bits per heavy atom. The minimum atomic E-state index is -0.363. The molecule has 2 amide bonds. The second kappa shape index (κ2) is 6.15. The minimum absolute atomic E-state index is 0.0961. The molecule has 7 heteroatoms. The molecule has 0 bridgehead atoms. The Kier molecular flexibility index (Phi) is 3.95. The lowest BCUT2D eigenvalue weighted by atomic mass is 10.1. The van der Waals surface area contributed by atoms with Crippen molar-refractivity contribution in [3.05, 3.63) is 50.3 Å². The van der Waals surface area contributed by atoms with Gasteiger partial charge in [0.2, 0.25) is 0 Å². The number of aromatic nitrogens is 1. The van der Waals surface area contributed by atoms with E-state index in [4.69, 9.17) is 0 Å². The number of anilines is 1. The van der Waals surface area contributed by atoms with E-state index in [0.717, 1.165) is 37.7 Å². The highest BCUT2D eigenvalue weighted by Crippen LogP contribution is 2.39. The Hall–Kier alpha value is -2.41. The Morgan fingerprint density at radius 2 is 2.04 bits per heavy atom. The Labute approximate surface area is 148 Å². The molecule has 0 spiro atoms. The quantitative estimate of drug-likeness (QED) is 0.879. The molecule has 2 heterocycles. The predicted molar refractivity (Wildman–Crippen MR) is 96.5 cm³/mol. The molecule has 1 fully saturated rings. The number of nitrogens with one attached hydrogen (secondary N) is 2. The molecule has 0 atom stereocenters. The molecule has 2 aliphatic rings. The van der Waals surface area contributed by atoms with Gasteiger partial charge in [0.05, 0.1) is 5.56 Å². The van der Waals surface area contributed by atoms with Crippen molar-refractivity contribution in [1.29, 1.82) is 0 Å². The molecule has 2 aromatic heterocycles. The normalized spacial score (nSPS) is 15.7. The maximum atomic E-state index is 12.6. The van der Waals surface area contributed by atoms with Gasteiger partial charge in [-0.2, -0.15) is 0 Å². The molecule has 1 saturated carbocycles. The summed E-state index contributed by atoms with van der Waals surface area (Å²) in [6.07, 6.45) is 6.48. The molecule has 0 aliphatic heterocycles. The number of carbonyl (C=O) groups is 2.